The standard InChI is InChI=1S/C22H27N3O2.HI/c1-23-22(25-20-13-19-10-11-21(20)27-19)24-14-17-8-5-9-18(12-17)26-15-16-6-3-2-4-7-16;/h2-9,12,19-21H,10-11,13-15H2,1H3,(H2,23,24,25);1H. The van der Waals surface area contributed by atoms with Crippen LogP contribution in [0.4, 0.5) is 0 Å². The molecule has 2 aromatic rings. The molecule has 0 amide bonds. The van der Waals surface area contributed by atoms with Crippen molar-refractivity contribution >= 4 is 29.9 Å². The summed E-state index contributed by atoms with van der Waals surface area (Å²) in [6, 6.07) is 18.8. The molecule has 2 saturated heterocycles. The minimum absolute atomic E-state index is 0. The van der Waals surface area contributed by atoms with Crippen molar-refractivity contribution in [1.82, 2.24) is 10.6 Å². The van der Waals surface area contributed by atoms with Gasteiger partial charge in [-0.3, -0.25) is 4.99 Å². The van der Waals surface area contributed by atoms with Crippen LogP contribution < -0.4 is 15.4 Å². The van der Waals surface area contributed by atoms with E-state index in [9.17, 15) is 0 Å². The summed E-state index contributed by atoms with van der Waals surface area (Å²) in [6.07, 6.45) is 4.20. The summed E-state index contributed by atoms with van der Waals surface area (Å²) in [7, 11) is 1.81. The third-order valence-corrected chi connectivity index (χ3v) is 5.26. The molecule has 28 heavy (non-hydrogen) atoms. The van der Waals surface area contributed by atoms with E-state index in [1.165, 1.54) is 12.0 Å². The molecule has 0 aromatic heterocycles. The Morgan fingerprint density at radius 1 is 1.11 bits per heavy atom. The third kappa shape index (κ3) is 5.38. The first-order valence-corrected chi connectivity index (χ1v) is 9.68. The summed E-state index contributed by atoms with van der Waals surface area (Å²) < 4.78 is 11.8. The Morgan fingerprint density at radius 3 is 2.64 bits per heavy atom. The van der Waals surface area contributed by atoms with E-state index in [-0.39, 0.29) is 24.0 Å². The van der Waals surface area contributed by atoms with E-state index in [0.29, 0.717) is 31.4 Å². The highest BCUT2D eigenvalue weighted by Crippen LogP contribution is 2.34. The highest BCUT2D eigenvalue weighted by atomic mass is 127. The number of hydrogen-bond donors (Lipinski definition) is 2. The van der Waals surface area contributed by atoms with Crippen LogP contribution in [0.2, 0.25) is 0 Å². The maximum absolute atomic E-state index is 5.92. The van der Waals surface area contributed by atoms with Gasteiger partial charge in [-0.15, -0.1) is 24.0 Å². The Kier molecular flexibility index (Phi) is 7.56. The maximum atomic E-state index is 5.92. The topological polar surface area (TPSA) is 54.9 Å². The zero-order chi connectivity index (χ0) is 18.5. The number of ether oxygens (including phenoxy) is 2. The van der Waals surface area contributed by atoms with Crippen molar-refractivity contribution in [3.8, 4) is 5.75 Å². The normalized spacial score (nSPS) is 23.2. The number of benzene rings is 2. The van der Waals surface area contributed by atoms with E-state index in [1.54, 1.807) is 0 Å². The van der Waals surface area contributed by atoms with Gasteiger partial charge in [-0.25, -0.2) is 0 Å². The van der Waals surface area contributed by atoms with Crippen LogP contribution in [0.3, 0.4) is 0 Å². The first kappa shape index (κ1) is 20.9. The average Bonchev–Trinajstić information content (AvgIpc) is 3.34. The van der Waals surface area contributed by atoms with Crippen LogP contribution in [0.1, 0.15) is 30.4 Å². The lowest BCUT2D eigenvalue weighted by molar-refractivity contribution is 0.0992. The molecule has 2 bridgehead atoms. The van der Waals surface area contributed by atoms with Crippen LogP contribution in [0, 0.1) is 0 Å². The largest absolute Gasteiger partial charge is 0.489 e. The van der Waals surface area contributed by atoms with Gasteiger partial charge in [0, 0.05) is 13.6 Å². The SMILES string of the molecule is CN=C(NCc1cccc(OCc2ccccc2)c1)NC1CC2CCC1O2.I. The lowest BCUT2D eigenvalue weighted by Gasteiger charge is -2.22. The Hall–Kier alpha value is -1.80. The summed E-state index contributed by atoms with van der Waals surface area (Å²) in [5.74, 6) is 1.70. The van der Waals surface area contributed by atoms with Gasteiger partial charge in [0.25, 0.3) is 0 Å². The van der Waals surface area contributed by atoms with Gasteiger partial charge in [0.05, 0.1) is 18.2 Å². The van der Waals surface area contributed by atoms with Crippen molar-refractivity contribution in [2.24, 2.45) is 4.99 Å². The molecule has 0 aliphatic carbocycles. The second-order valence-electron chi connectivity index (χ2n) is 7.21. The quantitative estimate of drug-likeness (QED) is 0.365. The van der Waals surface area contributed by atoms with Crippen molar-refractivity contribution in [3.05, 3.63) is 65.7 Å². The van der Waals surface area contributed by atoms with Crippen LogP contribution >= 0.6 is 24.0 Å². The third-order valence-electron chi connectivity index (χ3n) is 5.26. The number of fused-ring (bicyclic) bond motifs is 2. The summed E-state index contributed by atoms with van der Waals surface area (Å²) in [6.45, 7) is 1.27. The molecule has 3 unspecified atom stereocenters. The minimum atomic E-state index is 0. The van der Waals surface area contributed by atoms with E-state index in [4.69, 9.17) is 9.47 Å². The van der Waals surface area contributed by atoms with Crippen LogP contribution in [-0.4, -0.2) is 31.3 Å². The van der Waals surface area contributed by atoms with Gasteiger partial charge in [-0.05, 0) is 42.5 Å². The summed E-state index contributed by atoms with van der Waals surface area (Å²) >= 11 is 0. The molecule has 0 spiro atoms. The molecule has 2 heterocycles. The Morgan fingerprint density at radius 2 is 1.93 bits per heavy atom. The minimum Gasteiger partial charge on any atom is -0.489 e. The highest BCUT2D eigenvalue weighted by molar-refractivity contribution is 14.0. The van der Waals surface area contributed by atoms with Crippen molar-refractivity contribution in [3.63, 3.8) is 0 Å². The van der Waals surface area contributed by atoms with Crippen molar-refractivity contribution in [2.45, 2.75) is 50.7 Å². The summed E-state index contributed by atoms with van der Waals surface area (Å²) in [5, 5.41) is 6.91. The van der Waals surface area contributed by atoms with Gasteiger partial charge in [-0.2, -0.15) is 0 Å². The smallest absolute Gasteiger partial charge is 0.191 e. The molecule has 0 radical (unpaired) electrons. The molecule has 3 atom stereocenters. The first-order chi connectivity index (χ1) is 13.3. The van der Waals surface area contributed by atoms with Crippen LogP contribution in [0.15, 0.2) is 59.6 Å². The average molecular weight is 493 g/mol. The molecule has 5 nitrogen and oxygen atoms in total. The van der Waals surface area contributed by atoms with E-state index >= 15 is 0 Å². The lowest BCUT2D eigenvalue weighted by Crippen LogP contribution is -2.47. The number of aliphatic imine (C=N–C) groups is 1. The maximum Gasteiger partial charge on any atom is 0.191 e. The fraction of sp³-hybridized carbons (Fsp3) is 0.409. The van der Waals surface area contributed by atoms with E-state index in [0.717, 1.165) is 30.1 Å². The predicted molar refractivity (Wildman–Crippen MR) is 122 cm³/mol. The number of nitrogens with one attached hydrogen (secondary N) is 2. The van der Waals surface area contributed by atoms with Gasteiger partial charge in [0.1, 0.15) is 12.4 Å². The summed E-state index contributed by atoms with van der Waals surface area (Å²) in [5.41, 5.74) is 2.33. The van der Waals surface area contributed by atoms with Crippen molar-refractivity contribution < 1.29 is 9.47 Å². The molecule has 6 heteroatoms. The second kappa shape index (κ2) is 10.1. The molecule has 2 aromatic carbocycles. The monoisotopic (exact) mass is 493 g/mol. The molecule has 150 valence electrons. The molecule has 2 N–H and O–H groups in total. The molecule has 0 saturated carbocycles. The second-order valence-corrected chi connectivity index (χ2v) is 7.21. The number of rotatable bonds is 6. The van der Waals surface area contributed by atoms with Gasteiger partial charge in [0.15, 0.2) is 5.96 Å². The molecule has 2 aliphatic rings. The fourth-order valence-electron chi connectivity index (χ4n) is 3.83. The van der Waals surface area contributed by atoms with Crippen molar-refractivity contribution in [1.29, 1.82) is 0 Å². The summed E-state index contributed by atoms with van der Waals surface area (Å²) in [4.78, 5) is 4.36. The number of guanidine groups is 1. The molecular formula is C22H28IN3O2. The number of nitrogens with zero attached hydrogens (tertiary/aromatic N) is 1. The zero-order valence-electron chi connectivity index (χ0n) is 16.1. The number of hydrogen-bond acceptors (Lipinski definition) is 3. The van der Waals surface area contributed by atoms with Crippen LogP contribution in [0.25, 0.3) is 0 Å². The van der Waals surface area contributed by atoms with E-state index in [1.807, 2.05) is 37.4 Å². The predicted octanol–water partition coefficient (Wildman–Crippen LogP) is 3.87. The Bertz CT molecular complexity index is 784. The Balaban J connectivity index is 0.00000225. The first-order valence-electron chi connectivity index (χ1n) is 9.68. The van der Waals surface area contributed by atoms with E-state index < -0.39 is 0 Å². The zero-order valence-corrected chi connectivity index (χ0v) is 18.5. The van der Waals surface area contributed by atoms with Crippen LogP contribution in [-0.2, 0) is 17.9 Å². The molecule has 2 fully saturated rings. The lowest BCUT2D eigenvalue weighted by atomic mass is 9.96. The molecule has 4 rings (SSSR count). The van der Waals surface area contributed by atoms with E-state index in [2.05, 4.69) is 39.9 Å². The molecule has 2 aliphatic heterocycles. The van der Waals surface area contributed by atoms with Gasteiger partial charge in [-0.1, -0.05) is 42.5 Å². The van der Waals surface area contributed by atoms with Gasteiger partial charge in [0.2, 0.25) is 0 Å². The van der Waals surface area contributed by atoms with Gasteiger partial charge < -0.3 is 20.1 Å². The Labute approximate surface area is 183 Å². The number of halogens is 1. The van der Waals surface area contributed by atoms with Gasteiger partial charge >= 0.3 is 0 Å². The highest BCUT2D eigenvalue weighted by Gasteiger charge is 2.41. The van der Waals surface area contributed by atoms with Crippen molar-refractivity contribution in [2.75, 3.05) is 7.05 Å². The fourth-order valence-corrected chi connectivity index (χ4v) is 3.83. The van der Waals surface area contributed by atoms with Crippen LogP contribution in [0.5, 0.6) is 5.75 Å². The molecular weight excluding hydrogens is 465 g/mol.